The van der Waals surface area contributed by atoms with E-state index in [1.807, 2.05) is 0 Å². The van der Waals surface area contributed by atoms with E-state index in [4.69, 9.17) is 16.3 Å². The smallest absolute Gasteiger partial charge is 0.416 e. The summed E-state index contributed by atoms with van der Waals surface area (Å²) in [4.78, 5) is 58.2. The van der Waals surface area contributed by atoms with Crippen LogP contribution in [0.4, 0.5) is 42.1 Å². The second-order valence-electron chi connectivity index (χ2n) is 13.7. The summed E-state index contributed by atoms with van der Waals surface area (Å²) in [6, 6.07) is 8.28. The van der Waals surface area contributed by atoms with E-state index < -0.39 is 93.6 Å². The van der Waals surface area contributed by atoms with Gasteiger partial charge >= 0.3 is 12.4 Å². The van der Waals surface area contributed by atoms with Gasteiger partial charge in [0, 0.05) is 11.5 Å². The van der Waals surface area contributed by atoms with Crippen LogP contribution in [-0.4, -0.2) is 35.3 Å². The van der Waals surface area contributed by atoms with E-state index in [2.05, 4.69) is 0 Å². The fraction of sp³-hybridized carbons (Fsp3) is 0.351. The first-order valence-electron chi connectivity index (χ1n) is 16.5. The number of carbonyl (C=O) groups is 4. The number of fused-ring (bicyclic) bond motifs is 4. The summed E-state index contributed by atoms with van der Waals surface area (Å²) in [5.74, 6) is -10.7. The Morgan fingerprint density at radius 2 is 1.53 bits per heavy atom. The Bertz CT molecular complexity index is 2100. The summed E-state index contributed by atoms with van der Waals surface area (Å²) in [5, 5.41) is 11.1. The lowest BCUT2D eigenvalue weighted by Gasteiger charge is -2.49. The van der Waals surface area contributed by atoms with Crippen LogP contribution in [0.5, 0.6) is 11.5 Å². The molecule has 3 fully saturated rings. The molecule has 6 unspecified atom stereocenters. The second kappa shape index (κ2) is 12.3. The molecule has 0 spiro atoms. The van der Waals surface area contributed by atoms with E-state index in [-0.39, 0.29) is 53.3 Å². The summed E-state index contributed by atoms with van der Waals surface area (Å²) in [7, 11) is 0. The molecule has 4 amide bonds. The number of hydrogen-bond donors (Lipinski definition) is 1. The first-order valence-corrected chi connectivity index (χ1v) is 16.8. The zero-order chi connectivity index (χ0) is 38.5. The van der Waals surface area contributed by atoms with Crippen molar-refractivity contribution in [1.82, 2.24) is 0 Å². The van der Waals surface area contributed by atoms with Gasteiger partial charge in [0.15, 0.2) is 11.5 Å². The Hall–Kier alpha value is -4.92. The van der Waals surface area contributed by atoms with E-state index in [1.54, 1.807) is 19.1 Å². The molecule has 0 aromatic heterocycles. The van der Waals surface area contributed by atoms with Gasteiger partial charge in [-0.15, -0.1) is 0 Å². The number of aromatic hydroxyl groups is 1. The number of benzene rings is 3. The summed E-state index contributed by atoms with van der Waals surface area (Å²) >= 11 is 6.01. The van der Waals surface area contributed by atoms with Crippen LogP contribution < -0.4 is 14.5 Å². The van der Waals surface area contributed by atoms with Crippen LogP contribution >= 0.6 is 11.6 Å². The molecule has 7 rings (SSSR count). The van der Waals surface area contributed by atoms with Crippen molar-refractivity contribution >= 4 is 46.6 Å². The number of alkyl halides is 6. The van der Waals surface area contributed by atoms with Crippen LogP contribution in [0.3, 0.4) is 0 Å². The van der Waals surface area contributed by atoms with Crippen molar-refractivity contribution in [2.75, 3.05) is 16.4 Å². The minimum Gasteiger partial charge on any atom is -0.504 e. The quantitative estimate of drug-likeness (QED) is 0.160. The topological polar surface area (TPSA) is 104 Å². The molecular formula is C37H28ClF7N2O6. The standard InChI is InChI=1S/C37H28ClF7N2O6/c1-3-53-27-6-4-5-22(30(27)48)29-20-8-9-21-28(33(51)46(31(21)49)19-12-16(36(40,41)42)11-17(13-19)37(43,44)45)23(20)15-24-32(50)47(34(52)35(24,29)2)18-7-10-26(39)25(38)14-18/h4-8,10-14,21,23-24,28-29,48H,3,9,15H2,1-2H3. The number of amides is 4. The van der Waals surface area contributed by atoms with Gasteiger partial charge < -0.3 is 9.84 Å². The number of imide groups is 2. The first-order chi connectivity index (χ1) is 24.8. The predicted molar refractivity (Wildman–Crippen MR) is 174 cm³/mol. The molecule has 0 bridgehead atoms. The van der Waals surface area contributed by atoms with E-state index in [0.717, 1.165) is 17.0 Å². The fourth-order valence-corrected chi connectivity index (χ4v) is 8.77. The zero-order valence-electron chi connectivity index (χ0n) is 27.7. The summed E-state index contributed by atoms with van der Waals surface area (Å²) in [6.45, 7) is 3.33. The minimum absolute atomic E-state index is 0.0452. The van der Waals surface area contributed by atoms with Gasteiger partial charge in [-0.1, -0.05) is 35.4 Å². The maximum Gasteiger partial charge on any atom is 0.416 e. The van der Waals surface area contributed by atoms with Crippen LogP contribution in [0.2, 0.25) is 5.02 Å². The van der Waals surface area contributed by atoms with Gasteiger partial charge in [0.2, 0.25) is 23.6 Å². The van der Waals surface area contributed by atoms with Crippen LogP contribution in [0.1, 0.15) is 49.3 Å². The highest BCUT2D eigenvalue weighted by molar-refractivity contribution is 6.32. The molecule has 6 atom stereocenters. The van der Waals surface area contributed by atoms with Crippen molar-refractivity contribution in [2.24, 2.45) is 29.1 Å². The van der Waals surface area contributed by atoms with Crippen molar-refractivity contribution < 1.29 is 59.8 Å². The minimum atomic E-state index is -5.25. The van der Waals surface area contributed by atoms with Gasteiger partial charge in [-0.05, 0) is 75.1 Å². The third-order valence-electron chi connectivity index (χ3n) is 10.9. The van der Waals surface area contributed by atoms with E-state index in [1.165, 1.54) is 25.1 Å². The number of halogens is 8. The Labute approximate surface area is 301 Å². The maximum atomic E-state index is 14.6. The zero-order valence-corrected chi connectivity index (χ0v) is 28.4. The first kappa shape index (κ1) is 36.4. The lowest BCUT2D eigenvalue weighted by Crippen LogP contribution is -2.48. The molecule has 2 heterocycles. The molecule has 2 aliphatic carbocycles. The second-order valence-corrected chi connectivity index (χ2v) is 14.1. The highest BCUT2D eigenvalue weighted by Gasteiger charge is 2.68. The molecule has 1 N–H and O–H groups in total. The van der Waals surface area contributed by atoms with Crippen molar-refractivity contribution in [3.8, 4) is 11.5 Å². The number of anilines is 2. The van der Waals surface area contributed by atoms with Gasteiger partial charge in [0.25, 0.3) is 0 Å². The molecular weight excluding hydrogens is 737 g/mol. The SMILES string of the molecule is CCOc1cccc(C2C3=CCC4C(=O)N(c5cc(C(F)(F)F)cc(C(F)(F)F)c5)C(=O)C4C3CC3C(=O)N(c4ccc(F)c(Cl)c4)C(=O)C32C)c1O. The molecule has 53 heavy (non-hydrogen) atoms. The highest BCUT2D eigenvalue weighted by Crippen LogP contribution is 2.65. The highest BCUT2D eigenvalue weighted by atomic mass is 35.5. The van der Waals surface area contributed by atoms with Crippen molar-refractivity contribution in [3.63, 3.8) is 0 Å². The maximum absolute atomic E-state index is 14.6. The molecule has 1 saturated carbocycles. The molecule has 4 aliphatic rings. The Morgan fingerprint density at radius 1 is 0.868 bits per heavy atom. The van der Waals surface area contributed by atoms with Crippen molar-refractivity contribution in [2.45, 2.75) is 45.0 Å². The Balaban J connectivity index is 1.38. The number of ether oxygens (including phenoxy) is 1. The van der Waals surface area contributed by atoms with Crippen LogP contribution in [0.15, 0.2) is 66.2 Å². The Kier molecular flexibility index (Phi) is 8.47. The van der Waals surface area contributed by atoms with Gasteiger partial charge in [0.1, 0.15) is 5.82 Å². The van der Waals surface area contributed by atoms with Crippen molar-refractivity contribution in [3.05, 3.63) is 93.8 Å². The number of phenolic OH excluding ortho intramolecular Hbond substituents is 1. The molecule has 278 valence electrons. The van der Waals surface area contributed by atoms with Crippen LogP contribution in [0, 0.1) is 34.9 Å². The van der Waals surface area contributed by atoms with Crippen LogP contribution in [-0.2, 0) is 31.5 Å². The number of allylic oxidation sites excluding steroid dienone is 2. The molecule has 0 radical (unpaired) electrons. The summed E-state index contributed by atoms with van der Waals surface area (Å²) < 4.78 is 102. The number of nitrogens with zero attached hydrogens (tertiary/aromatic N) is 2. The van der Waals surface area contributed by atoms with E-state index in [0.29, 0.717) is 22.6 Å². The van der Waals surface area contributed by atoms with Gasteiger partial charge in [-0.25, -0.2) is 14.2 Å². The molecule has 2 aliphatic heterocycles. The third kappa shape index (κ3) is 5.48. The summed E-state index contributed by atoms with van der Waals surface area (Å²) in [6.07, 6.45) is -9.34. The normalized spacial score (nSPS) is 27.1. The number of hydrogen-bond acceptors (Lipinski definition) is 6. The lowest BCUT2D eigenvalue weighted by atomic mass is 9.51. The van der Waals surface area contributed by atoms with E-state index in [9.17, 15) is 55.0 Å². The van der Waals surface area contributed by atoms with Crippen LogP contribution in [0.25, 0.3) is 0 Å². The predicted octanol–water partition coefficient (Wildman–Crippen LogP) is 8.06. The number of rotatable bonds is 5. The average Bonchev–Trinajstić information content (AvgIpc) is 3.45. The van der Waals surface area contributed by atoms with Gasteiger partial charge in [0.05, 0.1) is 57.3 Å². The summed E-state index contributed by atoms with van der Waals surface area (Å²) in [5.41, 5.74) is -5.55. The lowest BCUT2D eigenvalue weighted by molar-refractivity contribution is -0.143. The number of phenols is 1. The molecule has 3 aromatic carbocycles. The molecule has 16 heteroatoms. The largest absolute Gasteiger partial charge is 0.504 e. The molecule has 2 saturated heterocycles. The van der Waals surface area contributed by atoms with E-state index >= 15 is 0 Å². The number of para-hydroxylation sites is 1. The third-order valence-corrected chi connectivity index (χ3v) is 11.2. The number of carbonyl (C=O) groups excluding carboxylic acids is 4. The monoisotopic (exact) mass is 764 g/mol. The average molecular weight is 765 g/mol. The van der Waals surface area contributed by atoms with Gasteiger partial charge in [-0.2, -0.15) is 26.3 Å². The fourth-order valence-electron chi connectivity index (χ4n) is 8.60. The van der Waals surface area contributed by atoms with Gasteiger partial charge in [-0.3, -0.25) is 19.2 Å². The molecule has 3 aromatic rings. The molecule has 8 nitrogen and oxygen atoms in total. The van der Waals surface area contributed by atoms with Crippen molar-refractivity contribution in [1.29, 1.82) is 0 Å². The Morgan fingerprint density at radius 3 is 2.13 bits per heavy atom.